The van der Waals surface area contributed by atoms with Crippen LogP contribution in [0, 0.1) is 0 Å². The van der Waals surface area contributed by atoms with E-state index in [0.717, 1.165) is 36.9 Å². The lowest BCUT2D eigenvalue weighted by molar-refractivity contribution is 0.298. The van der Waals surface area contributed by atoms with E-state index in [-0.39, 0.29) is 6.04 Å². The Morgan fingerprint density at radius 3 is 2.50 bits per heavy atom. The first-order chi connectivity index (χ1) is 12.6. The first-order valence-corrected chi connectivity index (χ1v) is 8.79. The van der Waals surface area contributed by atoms with Crippen molar-refractivity contribution in [3.63, 3.8) is 0 Å². The summed E-state index contributed by atoms with van der Waals surface area (Å²) in [4.78, 5) is 10.8. The molecule has 0 aliphatic carbocycles. The largest absolute Gasteiger partial charge is 0.497 e. The second kappa shape index (κ2) is 10.4. The van der Waals surface area contributed by atoms with Gasteiger partial charge in [-0.05, 0) is 43.9 Å². The van der Waals surface area contributed by atoms with Gasteiger partial charge in [0.05, 0.1) is 13.2 Å². The maximum absolute atomic E-state index is 5.24. The summed E-state index contributed by atoms with van der Waals surface area (Å²) < 4.78 is 5.24. The zero-order valence-electron chi connectivity index (χ0n) is 16.1. The maximum Gasteiger partial charge on any atom is 0.191 e. The number of likely N-dealkylation sites (N-methyl/N-ethyl adjacent to an activating group) is 1. The Labute approximate surface area is 156 Å². The molecule has 2 aromatic rings. The Morgan fingerprint density at radius 2 is 1.92 bits per heavy atom. The lowest BCUT2D eigenvalue weighted by Crippen LogP contribution is -2.42. The highest BCUT2D eigenvalue weighted by molar-refractivity contribution is 5.79. The normalized spacial score (nSPS) is 12.7. The molecule has 6 nitrogen and oxygen atoms in total. The van der Waals surface area contributed by atoms with E-state index < -0.39 is 0 Å². The van der Waals surface area contributed by atoms with Crippen molar-refractivity contribution in [2.45, 2.75) is 12.5 Å². The third kappa shape index (κ3) is 6.04. The minimum Gasteiger partial charge on any atom is -0.497 e. The van der Waals surface area contributed by atoms with Gasteiger partial charge >= 0.3 is 0 Å². The minimum absolute atomic E-state index is 0.232. The van der Waals surface area contributed by atoms with Gasteiger partial charge in [-0.1, -0.05) is 18.2 Å². The van der Waals surface area contributed by atoms with E-state index in [1.165, 1.54) is 5.56 Å². The van der Waals surface area contributed by atoms with Crippen LogP contribution in [0.25, 0.3) is 0 Å². The van der Waals surface area contributed by atoms with Crippen LogP contribution in [-0.4, -0.2) is 57.2 Å². The zero-order valence-corrected chi connectivity index (χ0v) is 16.1. The van der Waals surface area contributed by atoms with Crippen molar-refractivity contribution in [1.29, 1.82) is 0 Å². The quantitative estimate of drug-likeness (QED) is 0.561. The Kier molecular flexibility index (Phi) is 7.89. The number of benzene rings is 1. The molecule has 26 heavy (non-hydrogen) atoms. The van der Waals surface area contributed by atoms with Crippen LogP contribution >= 0.6 is 0 Å². The number of ether oxygens (including phenoxy) is 1. The summed E-state index contributed by atoms with van der Waals surface area (Å²) in [6, 6.07) is 14.4. The fourth-order valence-corrected chi connectivity index (χ4v) is 2.69. The monoisotopic (exact) mass is 355 g/mol. The first kappa shape index (κ1) is 19.7. The van der Waals surface area contributed by atoms with Gasteiger partial charge in [0.15, 0.2) is 5.96 Å². The summed E-state index contributed by atoms with van der Waals surface area (Å²) in [7, 11) is 7.62. The molecule has 0 amide bonds. The molecule has 0 aliphatic heterocycles. The van der Waals surface area contributed by atoms with E-state index in [1.54, 1.807) is 14.2 Å². The topological polar surface area (TPSA) is 61.8 Å². The van der Waals surface area contributed by atoms with Crippen molar-refractivity contribution in [3.8, 4) is 5.75 Å². The van der Waals surface area contributed by atoms with Gasteiger partial charge in [-0.2, -0.15) is 0 Å². The van der Waals surface area contributed by atoms with Gasteiger partial charge in [-0.15, -0.1) is 0 Å². The molecule has 0 radical (unpaired) electrons. The Morgan fingerprint density at radius 1 is 1.15 bits per heavy atom. The van der Waals surface area contributed by atoms with Gasteiger partial charge in [0.1, 0.15) is 5.75 Å². The molecule has 140 valence electrons. The SMILES string of the molecule is CN=C(NCCc1ccccn1)NCC(c1ccc(OC)cc1)N(C)C. The first-order valence-electron chi connectivity index (χ1n) is 8.79. The Hall–Kier alpha value is -2.60. The highest BCUT2D eigenvalue weighted by Crippen LogP contribution is 2.20. The predicted molar refractivity (Wildman–Crippen MR) is 107 cm³/mol. The summed E-state index contributed by atoms with van der Waals surface area (Å²) in [6.07, 6.45) is 2.68. The molecular weight excluding hydrogens is 326 g/mol. The molecule has 1 heterocycles. The van der Waals surface area contributed by atoms with Crippen molar-refractivity contribution >= 4 is 5.96 Å². The molecule has 0 aliphatic rings. The molecule has 0 saturated carbocycles. The average Bonchev–Trinajstić information content (AvgIpc) is 2.67. The van der Waals surface area contributed by atoms with Crippen molar-refractivity contribution in [2.75, 3.05) is 41.3 Å². The molecule has 2 N–H and O–H groups in total. The zero-order chi connectivity index (χ0) is 18.8. The van der Waals surface area contributed by atoms with Gasteiger partial charge in [0.2, 0.25) is 0 Å². The van der Waals surface area contributed by atoms with Crippen LogP contribution in [-0.2, 0) is 6.42 Å². The number of aliphatic imine (C=N–C) groups is 1. The van der Waals surface area contributed by atoms with Crippen molar-refractivity contribution < 1.29 is 4.74 Å². The lowest BCUT2D eigenvalue weighted by Gasteiger charge is -2.26. The predicted octanol–water partition coefficient (Wildman–Crippen LogP) is 2.10. The molecular formula is C20H29N5O. The van der Waals surface area contributed by atoms with Gasteiger partial charge in [-0.3, -0.25) is 9.98 Å². The summed E-state index contributed by atoms with van der Waals surface area (Å²) in [5.74, 6) is 1.66. The van der Waals surface area contributed by atoms with E-state index in [9.17, 15) is 0 Å². The Bertz CT molecular complexity index is 670. The van der Waals surface area contributed by atoms with Crippen LogP contribution in [0.4, 0.5) is 0 Å². The number of pyridine rings is 1. The summed E-state index contributed by atoms with van der Waals surface area (Å²) in [5, 5.41) is 6.75. The van der Waals surface area contributed by atoms with Crippen LogP contribution in [0.15, 0.2) is 53.7 Å². The van der Waals surface area contributed by atoms with E-state index in [4.69, 9.17) is 4.74 Å². The van der Waals surface area contributed by atoms with Crippen LogP contribution in [0.5, 0.6) is 5.75 Å². The average molecular weight is 355 g/mol. The second-order valence-corrected chi connectivity index (χ2v) is 6.20. The van der Waals surface area contributed by atoms with Gasteiger partial charge in [0.25, 0.3) is 0 Å². The number of nitrogens with zero attached hydrogens (tertiary/aromatic N) is 3. The van der Waals surface area contributed by atoms with Gasteiger partial charge in [-0.25, -0.2) is 0 Å². The third-order valence-electron chi connectivity index (χ3n) is 4.21. The number of guanidine groups is 1. The van der Waals surface area contributed by atoms with Crippen molar-refractivity contribution in [3.05, 3.63) is 59.9 Å². The highest BCUT2D eigenvalue weighted by atomic mass is 16.5. The van der Waals surface area contributed by atoms with Crippen LogP contribution < -0.4 is 15.4 Å². The van der Waals surface area contributed by atoms with E-state index in [1.807, 2.05) is 36.5 Å². The number of hydrogen-bond donors (Lipinski definition) is 2. The molecule has 0 fully saturated rings. The fraction of sp³-hybridized carbons (Fsp3) is 0.400. The van der Waals surface area contributed by atoms with Gasteiger partial charge < -0.3 is 20.3 Å². The molecule has 1 unspecified atom stereocenters. The maximum atomic E-state index is 5.24. The Balaban J connectivity index is 1.87. The molecule has 0 bridgehead atoms. The molecule has 0 saturated heterocycles. The van der Waals surface area contributed by atoms with Gasteiger partial charge in [0, 0.05) is 38.4 Å². The minimum atomic E-state index is 0.232. The number of aromatic nitrogens is 1. The molecule has 1 atom stereocenters. The second-order valence-electron chi connectivity index (χ2n) is 6.20. The van der Waals surface area contributed by atoms with E-state index in [0.29, 0.717) is 0 Å². The van der Waals surface area contributed by atoms with Crippen LogP contribution in [0.3, 0.4) is 0 Å². The molecule has 1 aromatic heterocycles. The number of hydrogen-bond acceptors (Lipinski definition) is 4. The van der Waals surface area contributed by atoms with Crippen molar-refractivity contribution in [1.82, 2.24) is 20.5 Å². The molecule has 6 heteroatoms. The third-order valence-corrected chi connectivity index (χ3v) is 4.21. The molecule has 0 spiro atoms. The van der Waals surface area contributed by atoms with E-state index >= 15 is 0 Å². The molecule has 2 rings (SSSR count). The number of rotatable bonds is 8. The number of nitrogens with one attached hydrogen (secondary N) is 2. The summed E-state index contributed by atoms with van der Waals surface area (Å²) in [6.45, 7) is 1.54. The standard InChI is InChI=1S/C20H29N5O/c1-21-20(23-14-12-17-7-5-6-13-22-17)24-15-19(25(2)3)16-8-10-18(26-4)11-9-16/h5-11,13,19H,12,14-15H2,1-4H3,(H2,21,23,24). The van der Waals surface area contributed by atoms with Crippen molar-refractivity contribution in [2.24, 2.45) is 4.99 Å². The number of methoxy groups -OCH3 is 1. The smallest absolute Gasteiger partial charge is 0.191 e. The highest BCUT2D eigenvalue weighted by Gasteiger charge is 2.14. The molecule has 1 aromatic carbocycles. The van der Waals surface area contributed by atoms with Crippen LogP contribution in [0.2, 0.25) is 0 Å². The van der Waals surface area contributed by atoms with Crippen LogP contribution in [0.1, 0.15) is 17.3 Å². The van der Waals surface area contributed by atoms with E-state index in [2.05, 4.69) is 51.7 Å². The summed E-state index contributed by atoms with van der Waals surface area (Å²) in [5.41, 5.74) is 2.30. The fourth-order valence-electron chi connectivity index (χ4n) is 2.69. The lowest BCUT2D eigenvalue weighted by atomic mass is 10.1. The summed E-state index contributed by atoms with van der Waals surface area (Å²) >= 11 is 0.